The van der Waals surface area contributed by atoms with Crippen molar-refractivity contribution in [3.63, 3.8) is 0 Å². The molecule has 2 aromatic rings. The molecule has 1 aromatic heterocycles. The van der Waals surface area contributed by atoms with Gasteiger partial charge in [0.15, 0.2) is 5.78 Å². The molecule has 4 heteroatoms. The summed E-state index contributed by atoms with van der Waals surface area (Å²) in [5, 5.41) is 13.8. The number of Topliss-reactive ketones (excluding diaryl/α,β-unsaturated/α-hetero) is 1. The quantitative estimate of drug-likeness (QED) is 0.863. The lowest BCUT2D eigenvalue weighted by molar-refractivity contribution is 0.0910. The molecule has 122 valence electrons. The van der Waals surface area contributed by atoms with Crippen molar-refractivity contribution < 1.29 is 4.79 Å². The molecule has 0 atom stereocenters. The van der Waals surface area contributed by atoms with Crippen LogP contribution < -0.4 is 0 Å². The number of carbonyl (C=O) groups excluding carboxylic acids is 1. The number of fused-ring (bicyclic) bond motifs is 1. The first-order valence-electron chi connectivity index (χ1n) is 8.61. The van der Waals surface area contributed by atoms with Gasteiger partial charge in [-0.15, -0.1) is 0 Å². The van der Waals surface area contributed by atoms with E-state index in [2.05, 4.69) is 19.9 Å². The Bertz CT molecular complexity index is 848. The molecule has 1 heterocycles. The number of hydrogen-bond donors (Lipinski definition) is 0. The van der Waals surface area contributed by atoms with Crippen molar-refractivity contribution in [3.05, 3.63) is 46.8 Å². The van der Waals surface area contributed by atoms with Gasteiger partial charge in [0.2, 0.25) is 0 Å². The van der Waals surface area contributed by atoms with Gasteiger partial charge in [0, 0.05) is 6.42 Å². The van der Waals surface area contributed by atoms with Crippen LogP contribution in [0.4, 0.5) is 0 Å². The van der Waals surface area contributed by atoms with Crippen LogP contribution in [0, 0.1) is 22.7 Å². The Morgan fingerprint density at radius 1 is 1.25 bits per heavy atom. The second-order valence-electron chi connectivity index (χ2n) is 7.93. The number of ketones is 1. The molecule has 0 amide bonds. The Morgan fingerprint density at radius 3 is 2.58 bits per heavy atom. The third kappa shape index (κ3) is 2.65. The monoisotopic (exact) mass is 319 g/mol. The van der Waals surface area contributed by atoms with Gasteiger partial charge in [0.05, 0.1) is 34.3 Å². The predicted octanol–water partition coefficient (Wildman–Crippen LogP) is 3.85. The van der Waals surface area contributed by atoms with E-state index in [1.807, 2.05) is 16.8 Å². The highest BCUT2D eigenvalue weighted by Gasteiger charge is 2.37. The Morgan fingerprint density at radius 2 is 1.96 bits per heavy atom. The third-order valence-electron chi connectivity index (χ3n) is 5.04. The minimum absolute atomic E-state index is 0.0364. The van der Waals surface area contributed by atoms with E-state index < -0.39 is 0 Å². The van der Waals surface area contributed by atoms with Gasteiger partial charge in [-0.05, 0) is 61.3 Å². The molecule has 0 radical (unpaired) electrons. The molecule has 0 N–H and O–H groups in total. The van der Waals surface area contributed by atoms with Crippen LogP contribution in [0.1, 0.15) is 60.4 Å². The largest absolute Gasteiger partial charge is 0.294 e. The molecule has 2 aliphatic carbocycles. The van der Waals surface area contributed by atoms with E-state index >= 15 is 0 Å². The normalized spacial score (nSPS) is 19.0. The summed E-state index contributed by atoms with van der Waals surface area (Å²) in [7, 11) is 0. The number of hydrogen-bond acceptors (Lipinski definition) is 3. The molecular weight excluding hydrogens is 298 g/mol. The number of nitriles is 1. The molecule has 0 unspecified atom stereocenters. The highest BCUT2D eigenvalue weighted by atomic mass is 16.1. The fourth-order valence-corrected chi connectivity index (χ4v) is 3.66. The summed E-state index contributed by atoms with van der Waals surface area (Å²) in [5.74, 6) is 0.929. The van der Waals surface area contributed by atoms with E-state index in [1.165, 1.54) is 12.8 Å². The van der Waals surface area contributed by atoms with E-state index in [9.17, 15) is 4.79 Å². The zero-order chi connectivity index (χ0) is 16.9. The first kappa shape index (κ1) is 15.1. The zero-order valence-electron chi connectivity index (χ0n) is 14.2. The van der Waals surface area contributed by atoms with Crippen molar-refractivity contribution in [2.45, 2.75) is 46.0 Å². The summed E-state index contributed by atoms with van der Waals surface area (Å²) in [4.78, 5) is 12.8. The average molecular weight is 319 g/mol. The Labute approximate surface area is 142 Å². The fraction of sp³-hybridized carbons (Fsp3) is 0.450. The van der Waals surface area contributed by atoms with E-state index in [0.29, 0.717) is 17.9 Å². The van der Waals surface area contributed by atoms with Crippen molar-refractivity contribution in [1.82, 2.24) is 9.78 Å². The zero-order valence-corrected chi connectivity index (χ0v) is 14.2. The molecule has 1 saturated carbocycles. The number of aromatic nitrogens is 2. The van der Waals surface area contributed by atoms with Crippen LogP contribution in [0.3, 0.4) is 0 Å². The molecule has 2 aliphatic rings. The van der Waals surface area contributed by atoms with Gasteiger partial charge in [-0.3, -0.25) is 4.79 Å². The van der Waals surface area contributed by atoms with E-state index in [-0.39, 0.29) is 11.2 Å². The topological polar surface area (TPSA) is 58.7 Å². The van der Waals surface area contributed by atoms with E-state index in [4.69, 9.17) is 10.4 Å². The first-order valence-corrected chi connectivity index (χ1v) is 8.61. The molecule has 4 nitrogen and oxygen atoms in total. The minimum Gasteiger partial charge on any atom is -0.294 e. The van der Waals surface area contributed by atoms with Crippen LogP contribution in [-0.2, 0) is 12.8 Å². The van der Waals surface area contributed by atoms with Gasteiger partial charge in [0.25, 0.3) is 0 Å². The minimum atomic E-state index is -0.0364. The second kappa shape index (κ2) is 5.31. The molecule has 4 rings (SSSR count). The smallest absolute Gasteiger partial charge is 0.167 e. The van der Waals surface area contributed by atoms with Gasteiger partial charge in [-0.2, -0.15) is 10.4 Å². The summed E-state index contributed by atoms with van der Waals surface area (Å²) in [5.41, 5.74) is 4.40. The van der Waals surface area contributed by atoms with Gasteiger partial charge < -0.3 is 0 Å². The maximum Gasteiger partial charge on any atom is 0.167 e. The van der Waals surface area contributed by atoms with Crippen LogP contribution in [0.5, 0.6) is 0 Å². The summed E-state index contributed by atoms with van der Waals surface area (Å²) < 4.78 is 1.94. The lowest BCUT2D eigenvalue weighted by Crippen LogP contribution is -2.28. The van der Waals surface area contributed by atoms with Crippen molar-refractivity contribution >= 4 is 5.78 Å². The summed E-state index contributed by atoms with van der Waals surface area (Å²) in [6.07, 6.45) is 4.86. The number of nitrogens with zero attached hydrogens (tertiary/aromatic N) is 3. The van der Waals surface area contributed by atoms with Crippen LogP contribution in [0.25, 0.3) is 5.69 Å². The van der Waals surface area contributed by atoms with Crippen molar-refractivity contribution in [1.29, 1.82) is 5.26 Å². The van der Waals surface area contributed by atoms with Crippen LogP contribution >= 0.6 is 0 Å². The van der Waals surface area contributed by atoms with Gasteiger partial charge in [0.1, 0.15) is 0 Å². The standard InChI is InChI=1S/C20H21N3O/c1-20(2)10-17-19(18(24)11-20)16(9-13-3-4-13)22-23(17)15-7-5-14(12-21)6-8-15/h5-8,13H,3-4,9-11H2,1-2H3. The number of rotatable bonds is 3. The third-order valence-corrected chi connectivity index (χ3v) is 5.04. The summed E-state index contributed by atoms with van der Waals surface area (Å²) in [6, 6.07) is 9.59. The lowest BCUT2D eigenvalue weighted by Gasteiger charge is -2.29. The highest BCUT2D eigenvalue weighted by Crippen LogP contribution is 2.40. The molecular formula is C20H21N3O. The van der Waals surface area contributed by atoms with Gasteiger partial charge >= 0.3 is 0 Å². The van der Waals surface area contributed by atoms with Crippen LogP contribution in [0.2, 0.25) is 0 Å². The Hall–Kier alpha value is -2.41. The van der Waals surface area contributed by atoms with Gasteiger partial charge in [-0.1, -0.05) is 13.8 Å². The molecule has 1 aromatic carbocycles. The van der Waals surface area contributed by atoms with Crippen molar-refractivity contribution in [3.8, 4) is 11.8 Å². The number of carbonyl (C=O) groups is 1. The summed E-state index contributed by atoms with van der Waals surface area (Å²) >= 11 is 0. The van der Waals surface area contributed by atoms with Crippen LogP contribution in [0.15, 0.2) is 24.3 Å². The molecule has 0 saturated heterocycles. The predicted molar refractivity (Wildman–Crippen MR) is 91.1 cm³/mol. The highest BCUT2D eigenvalue weighted by molar-refractivity contribution is 6.00. The fourth-order valence-electron chi connectivity index (χ4n) is 3.66. The second-order valence-corrected chi connectivity index (χ2v) is 7.93. The lowest BCUT2D eigenvalue weighted by atomic mass is 9.75. The van der Waals surface area contributed by atoms with Crippen molar-refractivity contribution in [2.75, 3.05) is 0 Å². The maximum atomic E-state index is 12.8. The average Bonchev–Trinajstić information content (AvgIpc) is 3.27. The van der Waals surface area contributed by atoms with Crippen molar-refractivity contribution in [2.24, 2.45) is 11.3 Å². The first-order chi connectivity index (χ1) is 11.5. The Balaban J connectivity index is 1.84. The molecule has 0 bridgehead atoms. The molecule has 1 fully saturated rings. The molecule has 0 spiro atoms. The van der Waals surface area contributed by atoms with E-state index in [0.717, 1.165) is 35.5 Å². The van der Waals surface area contributed by atoms with Gasteiger partial charge in [-0.25, -0.2) is 4.68 Å². The molecule has 0 aliphatic heterocycles. The number of benzene rings is 1. The Kier molecular flexibility index (Phi) is 3.35. The van der Waals surface area contributed by atoms with Crippen LogP contribution in [-0.4, -0.2) is 15.6 Å². The SMILES string of the molecule is CC1(C)CC(=O)c2c(CC3CC3)nn(-c3ccc(C#N)cc3)c2C1. The maximum absolute atomic E-state index is 12.8. The summed E-state index contributed by atoms with van der Waals surface area (Å²) in [6.45, 7) is 4.29. The van der Waals surface area contributed by atoms with E-state index in [1.54, 1.807) is 12.1 Å². The molecule has 24 heavy (non-hydrogen) atoms.